The van der Waals surface area contributed by atoms with E-state index in [1.807, 2.05) is 0 Å². The molecular weight excluding hydrogens is 583 g/mol. The second kappa shape index (κ2) is 7.75. The highest BCUT2D eigenvalue weighted by molar-refractivity contribution is 9.11. The Morgan fingerprint density at radius 3 is 1.83 bits per heavy atom. The minimum atomic E-state index is -6.90. The highest BCUT2D eigenvalue weighted by atomic mass is 79.9. The van der Waals surface area contributed by atoms with Crippen LogP contribution in [0.1, 0.15) is 0 Å². The lowest BCUT2D eigenvalue weighted by atomic mass is 10.1. The van der Waals surface area contributed by atoms with E-state index in [0.717, 1.165) is 30.3 Å². The predicted octanol–water partition coefficient (Wildman–Crippen LogP) is 6.35. The molecule has 30 heavy (non-hydrogen) atoms. The van der Waals surface area contributed by atoms with E-state index in [-0.39, 0.29) is 14.5 Å². The number of non-ortho nitro benzene ring substituents is 1. The van der Waals surface area contributed by atoms with Gasteiger partial charge in [0.25, 0.3) is 15.5 Å². The van der Waals surface area contributed by atoms with Crippen LogP contribution >= 0.6 is 31.9 Å². The smallest absolute Gasteiger partial charge is 0.258 e. The molecule has 164 valence electrons. The van der Waals surface area contributed by atoms with Gasteiger partial charge in [-0.3, -0.25) is 10.1 Å². The van der Waals surface area contributed by atoms with Crippen molar-refractivity contribution in [3.63, 3.8) is 0 Å². The SMILES string of the molecule is O=[N+]([O-])c1ccc(-c2c(Br)cc(Br)cc2S(=O)(=O)C(F)(F)C(F)(F)C(F)(F)F)cc1. The molecule has 15 heteroatoms. The molecule has 0 bridgehead atoms. The van der Waals surface area contributed by atoms with Crippen LogP contribution in [-0.2, 0) is 9.84 Å². The summed E-state index contributed by atoms with van der Waals surface area (Å²) in [7, 11) is -6.63. The number of hydrogen-bond donors (Lipinski definition) is 0. The Morgan fingerprint density at radius 1 is 0.900 bits per heavy atom. The van der Waals surface area contributed by atoms with Crippen molar-refractivity contribution in [1.82, 2.24) is 0 Å². The first-order valence-corrected chi connectivity index (χ1v) is 10.3. The highest BCUT2D eigenvalue weighted by Crippen LogP contribution is 2.52. The first-order valence-electron chi connectivity index (χ1n) is 7.26. The number of nitro benzene ring substituents is 1. The van der Waals surface area contributed by atoms with Crippen LogP contribution < -0.4 is 0 Å². The summed E-state index contributed by atoms with van der Waals surface area (Å²) >= 11 is 5.61. The normalized spacial score (nSPS) is 13.4. The first-order chi connectivity index (χ1) is 13.4. The van der Waals surface area contributed by atoms with E-state index in [9.17, 15) is 49.3 Å². The third-order valence-electron chi connectivity index (χ3n) is 3.73. The zero-order chi connectivity index (χ0) is 23.3. The Kier molecular flexibility index (Phi) is 6.33. The lowest BCUT2D eigenvalue weighted by Crippen LogP contribution is -2.56. The minimum absolute atomic E-state index is 0.232. The van der Waals surface area contributed by atoms with Crippen LogP contribution in [0.4, 0.5) is 36.4 Å². The van der Waals surface area contributed by atoms with Crippen molar-refractivity contribution in [3.8, 4) is 11.1 Å². The lowest BCUT2D eigenvalue weighted by Gasteiger charge is -2.28. The van der Waals surface area contributed by atoms with Gasteiger partial charge in [-0.05, 0) is 29.8 Å². The van der Waals surface area contributed by atoms with Crippen LogP contribution in [0.2, 0.25) is 0 Å². The number of halogens is 9. The van der Waals surface area contributed by atoms with Crippen LogP contribution in [0.3, 0.4) is 0 Å². The van der Waals surface area contributed by atoms with Crippen LogP contribution in [0.25, 0.3) is 11.1 Å². The molecule has 0 aromatic heterocycles. The van der Waals surface area contributed by atoms with Crippen LogP contribution in [-0.4, -0.2) is 30.7 Å². The van der Waals surface area contributed by atoms with Gasteiger partial charge in [-0.2, -0.15) is 30.7 Å². The zero-order valence-electron chi connectivity index (χ0n) is 13.9. The van der Waals surface area contributed by atoms with Gasteiger partial charge in [-0.1, -0.05) is 31.9 Å². The third kappa shape index (κ3) is 3.93. The molecule has 0 radical (unpaired) electrons. The van der Waals surface area contributed by atoms with Gasteiger partial charge in [0.05, 0.1) is 9.82 Å². The van der Waals surface area contributed by atoms with E-state index in [1.165, 1.54) is 0 Å². The summed E-state index contributed by atoms with van der Waals surface area (Å²) in [5.41, 5.74) is -1.43. The van der Waals surface area contributed by atoms with Crippen molar-refractivity contribution in [2.24, 2.45) is 0 Å². The van der Waals surface area contributed by atoms with Crippen molar-refractivity contribution < 1.29 is 44.1 Å². The summed E-state index contributed by atoms with van der Waals surface area (Å²) in [5.74, 6) is -6.90. The van der Waals surface area contributed by atoms with Gasteiger partial charge in [0.2, 0.25) is 0 Å². The molecule has 0 saturated carbocycles. The Morgan fingerprint density at radius 2 is 1.40 bits per heavy atom. The maximum absolute atomic E-state index is 14.1. The number of nitro groups is 1. The van der Waals surface area contributed by atoms with Gasteiger partial charge in [0.1, 0.15) is 0 Å². The Hall–Kier alpha value is -1.74. The molecular formula is C15H6Br2F7NO4S. The monoisotopic (exact) mass is 587 g/mol. The Labute approximate surface area is 180 Å². The van der Waals surface area contributed by atoms with Crippen LogP contribution in [0, 0.1) is 10.1 Å². The van der Waals surface area contributed by atoms with E-state index in [1.54, 1.807) is 0 Å². The fraction of sp³-hybridized carbons (Fsp3) is 0.200. The van der Waals surface area contributed by atoms with Gasteiger partial charge >= 0.3 is 17.4 Å². The molecule has 0 spiro atoms. The van der Waals surface area contributed by atoms with E-state index in [4.69, 9.17) is 0 Å². The maximum Gasteiger partial charge on any atom is 0.461 e. The number of nitrogens with zero attached hydrogens (tertiary/aromatic N) is 1. The molecule has 0 atom stereocenters. The lowest BCUT2D eigenvalue weighted by molar-refractivity contribution is -0.384. The van der Waals surface area contributed by atoms with E-state index < -0.39 is 48.3 Å². The molecule has 0 aliphatic carbocycles. The predicted molar refractivity (Wildman–Crippen MR) is 97.1 cm³/mol. The summed E-state index contributed by atoms with van der Waals surface area (Å²) < 4.78 is 117. The molecule has 0 saturated heterocycles. The molecule has 0 amide bonds. The average Bonchev–Trinajstić information content (AvgIpc) is 2.59. The summed E-state index contributed by atoms with van der Waals surface area (Å²) in [6, 6.07) is 5.12. The van der Waals surface area contributed by atoms with Crippen molar-refractivity contribution >= 4 is 47.4 Å². The zero-order valence-corrected chi connectivity index (χ0v) is 17.8. The van der Waals surface area contributed by atoms with Crippen LogP contribution in [0.15, 0.2) is 50.2 Å². The number of sulfone groups is 1. The molecule has 0 aliphatic rings. The quantitative estimate of drug-likeness (QED) is 0.232. The van der Waals surface area contributed by atoms with Crippen molar-refractivity contribution in [3.05, 3.63) is 55.5 Å². The third-order valence-corrected chi connectivity index (χ3v) is 6.65. The number of alkyl halides is 7. The number of benzene rings is 2. The summed E-state index contributed by atoms with van der Waals surface area (Å²) in [4.78, 5) is 8.35. The maximum atomic E-state index is 14.1. The van der Waals surface area contributed by atoms with Gasteiger partial charge < -0.3 is 0 Å². The van der Waals surface area contributed by atoms with Crippen molar-refractivity contribution in [2.75, 3.05) is 0 Å². The molecule has 2 rings (SSSR count). The molecule has 0 aliphatic heterocycles. The number of hydrogen-bond acceptors (Lipinski definition) is 4. The van der Waals surface area contributed by atoms with E-state index in [2.05, 4.69) is 31.9 Å². The molecule has 0 fully saturated rings. The summed E-state index contributed by atoms with van der Waals surface area (Å²) in [6.45, 7) is 0. The molecule has 0 heterocycles. The molecule has 5 nitrogen and oxygen atoms in total. The topological polar surface area (TPSA) is 77.3 Å². The molecule has 2 aromatic carbocycles. The first kappa shape index (κ1) is 24.5. The van der Waals surface area contributed by atoms with Crippen molar-refractivity contribution in [1.29, 1.82) is 0 Å². The number of rotatable bonds is 5. The summed E-state index contributed by atoms with van der Waals surface area (Å²) in [5, 5.41) is 4.17. The molecule has 2 aromatic rings. The minimum Gasteiger partial charge on any atom is -0.258 e. The molecule has 0 N–H and O–H groups in total. The standard InChI is InChI=1S/C15H6Br2F7NO4S/c16-8-5-10(17)12(7-1-3-9(4-2-7)25(26)27)11(6-8)30(28,29)15(23,24)13(18,19)14(20,21)22/h1-6H. The summed E-state index contributed by atoms with van der Waals surface area (Å²) in [6.07, 6.45) is -6.86. The van der Waals surface area contributed by atoms with Crippen LogP contribution in [0.5, 0.6) is 0 Å². The highest BCUT2D eigenvalue weighted by Gasteiger charge is 2.78. The Balaban J connectivity index is 2.83. The van der Waals surface area contributed by atoms with Crippen molar-refractivity contribution in [2.45, 2.75) is 22.2 Å². The second-order valence-corrected chi connectivity index (χ2v) is 9.39. The van der Waals surface area contributed by atoms with Gasteiger partial charge in [0.15, 0.2) is 0 Å². The molecule has 0 unspecified atom stereocenters. The van der Waals surface area contributed by atoms with E-state index in [0.29, 0.717) is 6.07 Å². The van der Waals surface area contributed by atoms with E-state index >= 15 is 0 Å². The van der Waals surface area contributed by atoms with Gasteiger partial charge in [-0.15, -0.1) is 0 Å². The van der Waals surface area contributed by atoms with Gasteiger partial charge in [-0.25, -0.2) is 8.42 Å². The fourth-order valence-corrected chi connectivity index (χ4v) is 5.51. The average molecular weight is 589 g/mol. The largest absolute Gasteiger partial charge is 0.461 e. The van der Waals surface area contributed by atoms with Gasteiger partial charge in [0, 0.05) is 26.6 Å². The fourth-order valence-electron chi connectivity index (χ4n) is 2.26. The second-order valence-electron chi connectivity index (χ2n) is 5.66. The Bertz CT molecular complexity index is 1100.